The van der Waals surface area contributed by atoms with E-state index in [9.17, 15) is 5.11 Å². The Morgan fingerprint density at radius 2 is 2.11 bits per heavy atom. The lowest BCUT2D eigenvalue weighted by Crippen LogP contribution is -2.08. The monoisotopic (exact) mass is 259 g/mol. The first-order valence-electron chi connectivity index (χ1n) is 6.73. The normalized spacial score (nSPS) is 12.6. The number of aromatic nitrogens is 2. The summed E-state index contributed by atoms with van der Waals surface area (Å²) >= 11 is 0. The zero-order valence-corrected chi connectivity index (χ0v) is 11.5. The molecule has 19 heavy (non-hydrogen) atoms. The molecule has 0 aliphatic carbocycles. The van der Waals surface area contributed by atoms with Gasteiger partial charge in [0.2, 0.25) is 0 Å². The van der Waals surface area contributed by atoms with Gasteiger partial charge in [0.1, 0.15) is 0 Å². The van der Waals surface area contributed by atoms with Crippen LogP contribution < -0.4 is 5.73 Å². The Labute approximate surface area is 113 Å². The molecule has 0 radical (unpaired) electrons. The standard InChI is InChI=1S/C15H21N3O/c1-3-13-9-14(18(4-2)17-13)10-15(19)11-6-5-7-12(16)8-11/h5-9,15,19H,3-4,10,16H2,1-2H3. The van der Waals surface area contributed by atoms with Crippen molar-refractivity contribution in [3.05, 3.63) is 47.3 Å². The first-order chi connectivity index (χ1) is 9.13. The van der Waals surface area contributed by atoms with Crippen LogP contribution in [0.4, 0.5) is 5.69 Å². The molecule has 0 amide bonds. The summed E-state index contributed by atoms with van der Waals surface area (Å²) in [5.41, 5.74) is 9.40. The van der Waals surface area contributed by atoms with Crippen molar-refractivity contribution >= 4 is 5.69 Å². The Morgan fingerprint density at radius 3 is 2.74 bits per heavy atom. The molecule has 4 heteroatoms. The predicted octanol–water partition coefficient (Wildman–Crippen LogP) is 2.32. The molecule has 1 aromatic carbocycles. The molecule has 2 rings (SSSR count). The van der Waals surface area contributed by atoms with Gasteiger partial charge in [0.15, 0.2) is 0 Å². The van der Waals surface area contributed by atoms with E-state index in [1.807, 2.05) is 28.9 Å². The summed E-state index contributed by atoms with van der Waals surface area (Å²) in [4.78, 5) is 0. The second-order valence-electron chi connectivity index (χ2n) is 4.69. The third-order valence-corrected chi connectivity index (χ3v) is 3.27. The summed E-state index contributed by atoms with van der Waals surface area (Å²) in [5.74, 6) is 0. The number of aryl methyl sites for hydroxylation is 2. The highest BCUT2D eigenvalue weighted by atomic mass is 16.3. The van der Waals surface area contributed by atoms with Gasteiger partial charge in [-0.25, -0.2) is 0 Å². The zero-order chi connectivity index (χ0) is 13.8. The number of hydrogen-bond acceptors (Lipinski definition) is 3. The van der Waals surface area contributed by atoms with Gasteiger partial charge in [0.05, 0.1) is 11.8 Å². The van der Waals surface area contributed by atoms with Gasteiger partial charge in [-0.2, -0.15) is 5.10 Å². The maximum absolute atomic E-state index is 10.3. The minimum Gasteiger partial charge on any atom is -0.399 e. The number of anilines is 1. The fraction of sp³-hybridized carbons (Fsp3) is 0.400. The first kappa shape index (κ1) is 13.6. The van der Waals surface area contributed by atoms with Crippen LogP contribution in [0.5, 0.6) is 0 Å². The molecule has 4 nitrogen and oxygen atoms in total. The topological polar surface area (TPSA) is 64.1 Å². The van der Waals surface area contributed by atoms with Crippen molar-refractivity contribution in [3.63, 3.8) is 0 Å². The smallest absolute Gasteiger partial charge is 0.0846 e. The first-order valence-corrected chi connectivity index (χ1v) is 6.73. The van der Waals surface area contributed by atoms with Gasteiger partial charge in [-0.1, -0.05) is 19.1 Å². The lowest BCUT2D eigenvalue weighted by atomic mass is 10.0. The fourth-order valence-corrected chi connectivity index (χ4v) is 2.21. The fourth-order valence-electron chi connectivity index (χ4n) is 2.21. The number of hydrogen-bond donors (Lipinski definition) is 2. The van der Waals surface area contributed by atoms with Crippen LogP contribution in [-0.4, -0.2) is 14.9 Å². The number of benzene rings is 1. The second kappa shape index (κ2) is 5.89. The van der Waals surface area contributed by atoms with Crippen LogP contribution in [-0.2, 0) is 19.4 Å². The van der Waals surface area contributed by atoms with Crippen LogP contribution in [0.3, 0.4) is 0 Å². The quantitative estimate of drug-likeness (QED) is 0.810. The van der Waals surface area contributed by atoms with E-state index < -0.39 is 6.10 Å². The molecule has 0 aliphatic heterocycles. The SMILES string of the molecule is CCc1cc(CC(O)c2cccc(N)c2)n(CC)n1. The largest absolute Gasteiger partial charge is 0.399 e. The summed E-state index contributed by atoms with van der Waals surface area (Å²) in [6.07, 6.45) is 0.925. The summed E-state index contributed by atoms with van der Waals surface area (Å²) in [6, 6.07) is 9.47. The Hall–Kier alpha value is -1.81. The van der Waals surface area contributed by atoms with E-state index in [1.165, 1.54) is 0 Å². The number of rotatable bonds is 5. The highest BCUT2D eigenvalue weighted by Gasteiger charge is 2.13. The third kappa shape index (κ3) is 3.15. The average Bonchev–Trinajstić information content (AvgIpc) is 2.81. The second-order valence-corrected chi connectivity index (χ2v) is 4.69. The van der Waals surface area contributed by atoms with E-state index in [0.29, 0.717) is 12.1 Å². The predicted molar refractivity (Wildman–Crippen MR) is 76.8 cm³/mol. The zero-order valence-electron chi connectivity index (χ0n) is 11.5. The van der Waals surface area contributed by atoms with E-state index in [-0.39, 0.29) is 0 Å². The van der Waals surface area contributed by atoms with E-state index in [4.69, 9.17) is 5.73 Å². The molecule has 0 bridgehead atoms. The summed E-state index contributed by atoms with van der Waals surface area (Å²) in [6.45, 7) is 4.96. The van der Waals surface area contributed by atoms with Gasteiger partial charge in [0, 0.05) is 24.3 Å². The summed E-state index contributed by atoms with van der Waals surface area (Å²) < 4.78 is 1.95. The molecule has 3 N–H and O–H groups in total. The lowest BCUT2D eigenvalue weighted by Gasteiger charge is -2.12. The summed E-state index contributed by atoms with van der Waals surface area (Å²) in [7, 11) is 0. The van der Waals surface area contributed by atoms with Crippen molar-refractivity contribution in [1.82, 2.24) is 9.78 Å². The Bertz CT molecular complexity index is 548. The molecule has 1 atom stereocenters. The van der Waals surface area contributed by atoms with E-state index in [2.05, 4.69) is 25.0 Å². The van der Waals surface area contributed by atoms with Crippen molar-refractivity contribution < 1.29 is 5.11 Å². The van der Waals surface area contributed by atoms with E-state index in [0.717, 1.165) is 29.9 Å². The number of nitrogens with zero attached hydrogens (tertiary/aromatic N) is 2. The molecule has 0 fully saturated rings. The van der Waals surface area contributed by atoms with Crippen molar-refractivity contribution in [2.24, 2.45) is 0 Å². The molecule has 0 spiro atoms. The maximum Gasteiger partial charge on any atom is 0.0846 e. The van der Waals surface area contributed by atoms with Gasteiger partial charge in [0.25, 0.3) is 0 Å². The third-order valence-electron chi connectivity index (χ3n) is 3.27. The van der Waals surface area contributed by atoms with Crippen molar-refractivity contribution in [1.29, 1.82) is 0 Å². The molecule has 0 saturated carbocycles. The van der Waals surface area contributed by atoms with Crippen molar-refractivity contribution in [2.45, 2.75) is 39.3 Å². The van der Waals surface area contributed by atoms with E-state index >= 15 is 0 Å². The number of aliphatic hydroxyl groups excluding tert-OH is 1. The highest BCUT2D eigenvalue weighted by Crippen LogP contribution is 2.21. The Morgan fingerprint density at radius 1 is 1.32 bits per heavy atom. The van der Waals surface area contributed by atoms with E-state index in [1.54, 1.807) is 0 Å². The summed E-state index contributed by atoms with van der Waals surface area (Å²) in [5, 5.41) is 14.8. The van der Waals surface area contributed by atoms with Crippen molar-refractivity contribution in [3.8, 4) is 0 Å². The average molecular weight is 259 g/mol. The maximum atomic E-state index is 10.3. The minimum atomic E-state index is -0.546. The van der Waals surface area contributed by atoms with Crippen LogP contribution >= 0.6 is 0 Å². The molecule has 102 valence electrons. The molecule has 1 aromatic heterocycles. The van der Waals surface area contributed by atoms with Crippen LogP contribution in [0.25, 0.3) is 0 Å². The molecule has 1 unspecified atom stereocenters. The number of aliphatic hydroxyl groups is 1. The van der Waals surface area contributed by atoms with Gasteiger partial charge >= 0.3 is 0 Å². The van der Waals surface area contributed by atoms with Crippen molar-refractivity contribution in [2.75, 3.05) is 5.73 Å². The molecule has 0 aliphatic rings. The Balaban J connectivity index is 2.18. The lowest BCUT2D eigenvalue weighted by molar-refractivity contribution is 0.175. The molecule has 2 aromatic rings. The molecule has 0 saturated heterocycles. The number of nitrogens with two attached hydrogens (primary N) is 1. The number of nitrogen functional groups attached to an aromatic ring is 1. The van der Waals surface area contributed by atoms with Crippen LogP contribution in [0.2, 0.25) is 0 Å². The van der Waals surface area contributed by atoms with Crippen LogP contribution in [0.1, 0.15) is 36.9 Å². The van der Waals surface area contributed by atoms with Crippen LogP contribution in [0, 0.1) is 0 Å². The van der Waals surface area contributed by atoms with Gasteiger partial charge < -0.3 is 10.8 Å². The van der Waals surface area contributed by atoms with Gasteiger partial charge in [-0.15, -0.1) is 0 Å². The molecular weight excluding hydrogens is 238 g/mol. The minimum absolute atomic E-state index is 0.546. The molecule has 1 heterocycles. The highest BCUT2D eigenvalue weighted by molar-refractivity contribution is 5.41. The van der Waals surface area contributed by atoms with Gasteiger partial charge in [-0.05, 0) is 37.1 Å². The van der Waals surface area contributed by atoms with Crippen LogP contribution in [0.15, 0.2) is 30.3 Å². The Kier molecular flexibility index (Phi) is 4.22. The molecular formula is C15H21N3O. The van der Waals surface area contributed by atoms with Gasteiger partial charge in [-0.3, -0.25) is 4.68 Å².